The third-order valence-corrected chi connectivity index (χ3v) is 6.78. The summed E-state index contributed by atoms with van der Waals surface area (Å²) >= 11 is 5.93. The van der Waals surface area contributed by atoms with E-state index in [0.29, 0.717) is 29.5 Å². The summed E-state index contributed by atoms with van der Waals surface area (Å²) in [6.07, 6.45) is 2.29. The van der Waals surface area contributed by atoms with Gasteiger partial charge in [-0.2, -0.15) is 4.31 Å². The topological polar surface area (TPSA) is 70.0 Å². The molecule has 1 aromatic heterocycles. The number of nitrogens with zero attached hydrogens (tertiary/aromatic N) is 1. The van der Waals surface area contributed by atoms with Crippen LogP contribution >= 0.6 is 11.6 Å². The Labute approximate surface area is 182 Å². The van der Waals surface area contributed by atoms with E-state index in [4.69, 9.17) is 21.1 Å². The number of aromatic amines is 1. The summed E-state index contributed by atoms with van der Waals surface area (Å²) in [6, 6.07) is 17.4. The van der Waals surface area contributed by atoms with Gasteiger partial charge in [0.2, 0.25) is 10.0 Å². The molecule has 0 aliphatic heterocycles. The van der Waals surface area contributed by atoms with E-state index in [9.17, 15) is 8.42 Å². The fraction of sp³-hybridized carbons (Fsp3) is 0.227. The number of methoxy groups -OCH3 is 2. The Morgan fingerprint density at radius 2 is 1.70 bits per heavy atom. The molecule has 0 spiro atoms. The Hall–Kier alpha value is -2.61. The molecule has 0 unspecified atom stereocenters. The van der Waals surface area contributed by atoms with Gasteiger partial charge in [0.05, 0.1) is 25.7 Å². The van der Waals surface area contributed by atoms with E-state index in [1.54, 1.807) is 32.5 Å². The number of sulfonamides is 1. The Bertz CT molecular complexity index is 1070. The second-order valence-corrected chi connectivity index (χ2v) is 8.99. The maximum atomic E-state index is 13.3. The fourth-order valence-electron chi connectivity index (χ4n) is 3.05. The monoisotopic (exact) mass is 447 g/mol. The lowest BCUT2D eigenvalue weighted by molar-refractivity contribution is -0.392. The SMILES string of the molecule is COc1ccc(CCN(Cc2cccc[nH+]2)S(=O)(=O)c2ccc(Cl)cc2)cc1OC. The molecule has 0 atom stereocenters. The normalized spacial score (nSPS) is 11.5. The van der Waals surface area contributed by atoms with Crippen LogP contribution in [-0.4, -0.2) is 33.5 Å². The van der Waals surface area contributed by atoms with Crippen LogP contribution in [0.3, 0.4) is 0 Å². The molecule has 8 heteroatoms. The molecule has 6 nitrogen and oxygen atoms in total. The van der Waals surface area contributed by atoms with Crippen molar-refractivity contribution in [3.63, 3.8) is 0 Å². The van der Waals surface area contributed by atoms with Gasteiger partial charge in [0, 0.05) is 23.7 Å². The molecule has 0 aliphatic carbocycles. The van der Waals surface area contributed by atoms with E-state index in [1.807, 2.05) is 36.4 Å². The first-order chi connectivity index (χ1) is 14.4. The van der Waals surface area contributed by atoms with Crippen molar-refractivity contribution in [2.75, 3.05) is 20.8 Å². The van der Waals surface area contributed by atoms with Crippen molar-refractivity contribution in [3.8, 4) is 11.5 Å². The highest BCUT2D eigenvalue weighted by molar-refractivity contribution is 7.89. The number of hydrogen-bond acceptors (Lipinski definition) is 4. The second kappa shape index (κ2) is 9.93. The summed E-state index contributed by atoms with van der Waals surface area (Å²) in [5.41, 5.74) is 1.74. The largest absolute Gasteiger partial charge is 0.493 e. The quantitative estimate of drug-likeness (QED) is 0.502. The lowest BCUT2D eigenvalue weighted by Crippen LogP contribution is -2.34. The van der Waals surface area contributed by atoms with E-state index in [-0.39, 0.29) is 11.4 Å². The third-order valence-electron chi connectivity index (χ3n) is 4.67. The Morgan fingerprint density at radius 3 is 2.33 bits per heavy atom. The van der Waals surface area contributed by atoms with Gasteiger partial charge < -0.3 is 9.47 Å². The zero-order valence-corrected chi connectivity index (χ0v) is 18.4. The van der Waals surface area contributed by atoms with Crippen molar-refractivity contribution < 1.29 is 22.9 Å². The highest BCUT2D eigenvalue weighted by Gasteiger charge is 2.26. The van der Waals surface area contributed by atoms with Crippen molar-refractivity contribution in [1.82, 2.24) is 4.31 Å². The molecule has 0 amide bonds. The Kier molecular flexibility index (Phi) is 7.31. The Balaban J connectivity index is 1.87. The summed E-state index contributed by atoms with van der Waals surface area (Å²) in [4.78, 5) is 3.30. The van der Waals surface area contributed by atoms with Crippen molar-refractivity contribution in [2.45, 2.75) is 17.9 Å². The van der Waals surface area contributed by atoms with Crippen molar-refractivity contribution >= 4 is 21.6 Å². The average Bonchev–Trinajstić information content (AvgIpc) is 2.77. The first-order valence-corrected chi connectivity index (χ1v) is 11.2. The maximum Gasteiger partial charge on any atom is 0.243 e. The third kappa shape index (κ3) is 5.30. The van der Waals surface area contributed by atoms with Crippen LogP contribution in [0.25, 0.3) is 0 Å². The van der Waals surface area contributed by atoms with Gasteiger partial charge in [0.15, 0.2) is 23.4 Å². The molecule has 0 fully saturated rings. The summed E-state index contributed by atoms with van der Waals surface area (Å²) < 4.78 is 38.7. The first kappa shape index (κ1) is 22.1. The van der Waals surface area contributed by atoms with Crippen molar-refractivity contribution in [3.05, 3.63) is 83.1 Å². The van der Waals surface area contributed by atoms with Crippen molar-refractivity contribution in [2.24, 2.45) is 0 Å². The Morgan fingerprint density at radius 1 is 0.967 bits per heavy atom. The molecular weight excluding hydrogens is 424 g/mol. The van der Waals surface area contributed by atoms with Gasteiger partial charge in [-0.3, -0.25) is 0 Å². The summed E-state index contributed by atoms with van der Waals surface area (Å²) in [6.45, 7) is 0.516. The molecule has 30 heavy (non-hydrogen) atoms. The predicted molar refractivity (Wildman–Crippen MR) is 115 cm³/mol. The van der Waals surface area contributed by atoms with Crippen molar-refractivity contribution in [1.29, 1.82) is 0 Å². The average molecular weight is 448 g/mol. The van der Waals surface area contributed by atoms with Crippen LogP contribution in [0, 0.1) is 0 Å². The minimum Gasteiger partial charge on any atom is -0.493 e. The van der Waals surface area contributed by atoms with E-state index < -0.39 is 10.0 Å². The highest BCUT2D eigenvalue weighted by Crippen LogP contribution is 2.28. The zero-order chi connectivity index (χ0) is 21.6. The smallest absolute Gasteiger partial charge is 0.243 e. The van der Waals surface area contributed by atoms with Gasteiger partial charge in [-0.15, -0.1) is 0 Å². The molecule has 0 radical (unpaired) electrons. The highest BCUT2D eigenvalue weighted by atomic mass is 35.5. The van der Waals surface area contributed by atoms with E-state index in [0.717, 1.165) is 11.3 Å². The van der Waals surface area contributed by atoms with Gasteiger partial charge in [-0.25, -0.2) is 13.4 Å². The molecule has 158 valence electrons. The van der Waals surface area contributed by atoms with Gasteiger partial charge in [0.1, 0.15) is 0 Å². The van der Waals surface area contributed by atoms with Gasteiger partial charge >= 0.3 is 0 Å². The summed E-state index contributed by atoms with van der Waals surface area (Å²) in [7, 11) is -0.565. The number of benzene rings is 2. The number of nitrogens with one attached hydrogen (secondary N) is 1. The number of aromatic nitrogens is 1. The van der Waals surface area contributed by atoms with Crippen LogP contribution in [0.5, 0.6) is 11.5 Å². The maximum absolute atomic E-state index is 13.3. The van der Waals surface area contributed by atoms with Crippen LogP contribution in [0.2, 0.25) is 5.02 Å². The molecule has 1 heterocycles. The van der Waals surface area contributed by atoms with Crippen LogP contribution in [-0.2, 0) is 23.0 Å². The molecule has 2 aromatic carbocycles. The van der Waals surface area contributed by atoms with Crippen LogP contribution in [0.15, 0.2) is 71.8 Å². The molecule has 3 rings (SSSR count). The van der Waals surface area contributed by atoms with E-state index in [1.165, 1.54) is 16.4 Å². The van der Waals surface area contributed by atoms with Gasteiger partial charge in [0.25, 0.3) is 0 Å². The molecule has 3 aromatic rings. The molecule has 0 saturated carbocycles. The standard InChI is InChI=1S/C22H23ClN2O4S/c1-28-21-11-6-17(15-22(21)29-2)12-14-25(16-19-5-3-4-13-24-19)30(26,27)20-9-7-18(23)8-10-20/h3-11,13,15H,12,14,16H2,1-2H3/p+1. The number of ether oxygens (including phenoxy) is 2. The fourth-order valence-corrected chi connectivity index (χ4v) is 4.59. The van der Waals surface area contributed by atoms with Crippen LogP contribution in [0.1, 0.15) is 11.3 Å². The lowest BCUT2D eigenvalue weighted by atomic mass is 10.1. The number of hydrogen-bond donors (Lipinski definition) is 0. The zero-order valence-electron chi connectivity index (χ0n) is 16.8. The first-order valence-electron chi connectivity index (χ1n) is 9.36. The molecule has 0 aliphatic rings. The van der Waals surface area contributed by atoms with Gasteiger partial charge in [-0.1, -0.05) is 23.7 Å². The molecule has 0 saturated heterocycles. The van der Waals surface area contributed by atoms with E-state index >= 15 is 0 Å². The number of rotatable bonds is 9. The molecular formula is C22H24ClN2O4S+. The molecule has 1 N–H and O–H groups in total. The minimum atomic E-state index is -3.72. The van der Waals surface area contributed by atoms with Crippen LogP contribution in [0.4, 0.5) is 0 Å². The summed E-state index contributed by atoms with van der Waals surface area (Å²) in [5, 5.41) is 0.488. The van der Waals surface area contributed by atoms with Crippen LogP contribution < -0.4 is 14.5 Å². The van der Waals surface area contributed by atoms with Gasteiger partial charge in [-0.05, 0) is 48.4 Å². The summed E-state index contributed by atoms with van der Waals surface area (Å²) in [5.74, 6) is 1.24. The number of H-pyrrole nitrogens is 1. The number of pyridine rings is 1. The number of halogens is 1. The lowest BCUT2D eigenvalue weighted by Gasteiger charge is -2.21. The van der Waals surface area contributed by atoms with E-state index in [2.05, 4.69) is 4.98 Å². The minimum absolute atomic E-state index is 0.204. The second-order valence-electron chi connectivity index (χ2n) is 6.62. The molecule has 0 bridgehead atoms. The predicted octanol–water partition coefficient (Wildman–Crippen LogP) is 3.60.